The summed E-state index contributed by atoms with van der Waals surface area (Å²) in [5.41, 5.74) is 7.53. The quantitative estimate of drug-likeness (QED) is 0.606. The molecule has 7 nitrogen and oxygen atoms in total. The number of aromatic nitrogens is 2. The van der Waals surface area contributed by atoms with Gasteiger partial charge in [0.1, 0.15) is 11.4 Å². The van der Waals surface area contributed by atoms with Gasteiger partial charge in [-0.15, -0.1) is 0 Å². The van der Waals surface area contributed by atoms with Crippen molar-refractivity contribution in [3.8, 4) is 17.0 Å². The molecule has 0 spiro atoms. The molecule has 0 aliphatic carbocycles. The molecule has 3 aromatic rings. The molecule has 0 aliphatic heterocycles. The fourth-order valence-corrected chi connectivity index (χ4v) is 2.06. The maximum atomic E-state index is 12.1. The fraction of sp³-hybridized carbons (Fsp3) is 0.0588. The molecular weight excluding hydrogens is 308 g/mol. The molecule has 0 fully saturated rings. The highest BCUT2D eigenvalue weighted by Gasteiger charge is 2.11. The lowest BCUT2D eigenvalue weighted by Gasteiger charge is -2.07. The largest absolute Gasteiger partial charge is 0.497 e. The van der Waals surface area contributed by atoms with Gasteiger partial charge < -0.3 is 9.15 Å². The number of furan rings is 1. The van der Waals surface area contributed by atoms with Gasteiger partial charge in [-0.05, 0) is 42.5 Å². The number of amides is 1. The van der Waals surface area contributed by atoms with Crippen LogP contribution in [0.15, 0.2) is 59.7 Å². The van der Waals surface area contributed by atoms with Crippen molar-refractivity contribution in [2.45, 2.75) is 0 Å². The fourth-order valence-electron chi connectivity index (χ4n) is 2.06. The average molecular weight is 324 g/mol. The third-order valence-electron chi connectivity index (χ3n) is 3.35. The van der Waals surface area contributed by atoms with Gasteiger partial charge in [-0.25, -0.2) is 0 Å². The third-order valence-corrected chi connectivity index (χ3v) is 3.35. The molecule has 1 amide bonds. The van der Waals surface area contributed by atoms with E-state index >= 15 is 0 Å². The first-order valence-corrected chi connectivity index (χ1v) is 7.16. The molecule has 122 valence electrons. The summed E-state index contributed by atoms with van der Waals surface area (Å²) in [6.07, 6.45) is 1.53. The Morgan fingerprint density at radius 1 is 1.25 bits per heavy atom. The van der Waals surface area contributed by atoms with Crippen molar-refractivity contribution < 1.29 is 13.9 Å². The zero-order chi connectivity index (χ0) is 16.9. The van der Waals surface area contributed by atoms with Gasteiger partial charge in [-0.3, -0.25) is 20.7 Å². The monoisotopic (exact) mass is 324 g/mol. The number of nitrogens with zero attached hydrogens (tertiary/aromatic N) is 1. The second kappa shape index (κ2) is 6.74. The maximum absolute atomic E-state index is 12.1. The van der Waals surface area contributed by atoms with Crippen molar-refractivity contribution in [2.24, 2.45) is 0 Å². The predicted molar refractivity (Wildman–Crippen MR) is 88.9 cm³/mol. The Kier molecular flexibility index (Phi) is 4.33. The zero-order valence-corrected chi connectivity index (χ0v) is 13.0. The molecule has 0 saturated heterocycles. The molecule has 3 N–H and O–H groups in total. The second-order valence-electron chi connectivity index (χ2n) is 4.93. The van der Waals surface area contributed by atoms with E-state index in [9.17, 15) is 4.79 Å². The van der Waals surface area contributed by atoms with Gasteiger partial charge in [0, 0.05) is 5.56 Å². The lowest BCUT2D eigenvalue weighted by Crippen LogP contribution is -2.35. The average Bonchev–Trinajstić information content (AvgIpc) is 3.31. The van der Waals surface area contributed by atoms with Crippen LogP contribution in [0.3, 0.4) is 0 Å². The van der Waals surface area contributed by atoms with Gasteiger partial charge in [0.2, 0.25) is 0 Å². The molecule has 0 saturated carbocycles. The molecule has 0 aliphatic rings. The maximum Gasteiger partial charge on any atom is 0.287 e. The van der Waals surface area contributed by atoms with E-state index in [1.807, 2.05) is 24.3 Å². The van der Waals surface area contributed by atoms with Crippen molar-refractivity contribution >= 4 is 11.6 Å². The van der Waals surface area contributed by atoms with Crippen LogP contribution in [0.4, 0.5) is 0 Å². The first-order chi connectivity index (χ1) is 11.7. The first-order valence-electron chi connectivity index (χ1n) is 7.16. The van der Waals surface area contributed by atoms with Crippen molar-refractivity contribution in [3.63, 3.8) is 0 Å². The van der Waals surface area contributed by atoms with Crippen LogP contribution < -0.4 is 15.6 Å². The van der Waals surface area contributed by atoms with Crippen LogP contribution in [0.1, 0.15) is 16.2 Å². The van der Waals surface area contributed by atoms with E-state index in [1.165, 1.54) is 6.26 Å². The second-order valence-corrected chi connectivity index (χ2v) is 4.93. The summed E-state index contributed by atoms with van der Waals surface area (Å²) in [4.78, 5) is 12.1. The molecule has 7 heteroatoms. The van der Waals surface area contributed by atoms with E-state index in [-0.39, 0.29) is 5.91 Å². The zero-order valence-electron chi connectivity index (χ0n) is 13.0. The Hall–Kier alpha value is -3.48. The van der Waals surface area contributed by atoms with Crippen molar-refractivity contribution in [1.82, 2.24) is 21.0 Å². The number of benzene rings is 1. The number of hydrogen-bond donors (Lipinski definition) is 3. The highest BCUT2D eigenvalue weighted by molar-refractivity contribution is 5.93. The van der Waals surface area contributed by atoms with E-state index in [4.69, 9.17) is 9.15 Å². The Morgan fingerprint density at radius 2 is 2.04 bits per heavy atom. The Bertz CT molecular complexity index is 835. The number of methoxy groups -OCH3 is 1. The molecule has 2 heterocycles. The van der Waals surface area contributed by atoms with Gasteiger partial charge in [-0.1, -0.05) is 6.58 Å². The van der Waals surface area contributed by atoms with Crippen molar-refractivity contribution in [1.29, 1.82) is 0 Å². The molecule has 0 unspecified atom stereocenters. The Morgan fingerprint density at radius 3 is 2.71 bits per heavy atom. The molecule has 0 atom stereocenters. The van der Waals surface area contributed by atoms with Crippen LogP contribution in [0.2, 0.25) is 0 Å². The molecular formula is C17H16N4O3. The number of rotatable bonds is 6. The molecule has 3 rings (SSSR count). The molecule has 0 radical (unpaired) electrons. The van der Waals surface area contributed by atoms with Gasteiger partial charge >= 0.3 is 0 Å². The van der Waals surface area contributed by atoms with Crippen molar-refractivity contribution in [3.05, 3.63) is 66.8 Å². The molecule has 1 aromatic carbocycles. The van der Waals surface area contributed by atoms with E-state index in [0.717, 1.165) is 11.3 Å². The Labute approximate surface area is 138 Å². The van der Waals surface area contributed by atoms with Crippen LogP contribution in [0.5, 0.6) is 5.75 Å². The number of aromatic amines is 1. The number of hydrazine groups is 1. The lowest BCUT2D eigenvalue weighted by atomic mass is 10.1. The molecule has 24 heavy (non-hydrogen) atoms. The summed E-state index contributed by atoms with van der Waals surface area (Å²) in [6, 6.07) is 12.5. The summed E-state index contributed by atoms with van der Waals surface area (Å²) in [5.74, 6) is 0.932. The number of nitrogens with one attached hydrogen (secondary N) is 3. The summed E-state index contributed by atoms with van der Waals surface area (Å²) in [6.45, 7) is 3.77. The van der Waals surface area contributed by atoms with Crippen LogP contribution in [0.25, 0.3) is 17.0 Å². The van der Waals surface area contributed by atoms with Crippen LogP contribution in [-0.2, 0) is 0 Å². The van der Waals surface area contributed by atoms with Crippen LogP contribution in [0, 0.1) is 0 Å². The topological polar surface area (TPSA) is 92.2 Å². The number of carbonyl (C=O) groups excluding carboxylic acids is 1. The third kappa shape index (κ3) is 3.30. The molecule has 2 aromatic heterocycles. The minimum atomic E-state index is -0.366. The minimum absolute atomic E-state index is 0.320. The SMILES string of the molecule is C=C(NNC(=O)c1cc(-c2ccc(OC)cc2)n[nH]1)c1ccco1. The highest BCUT2D eigenvalue weighted by atomic mass is 16.5. The normalized spacial score (nSPS) is 10.2. The molecule has 0 bridgehead atoms. The van der Waals surface area contributed by atoms with E-state index in [0.29, 0.717) is 22.8 Å². The van der Waals surface area contributed by atoms with Crippen LogP contribution in [-0.4, -0.2) is 23.2 Å². The first kappa shape index (κ1) is 15.4. The predicted octanol–water partition coefficient (Wildman–Crippen LogP) is 2.58. The number of hydrogen-bond acceptors (Lipinski definition) is 5. The lowest BCUT2D eigenvalue weighted by molar-refractivity contribution is 0.0937. The van der Waals surface area contributed by atoms with Gasteiger partial charge in [0.25, 0.3) is 5.91 Å². The van der Waals surface area contributed by atoms with Gasteiger partial charge in [0.15, 0.2) is 5.76 Å². The van der Waals surface area contributed by atoms with E-state index in [1.54, 1.807) is 25.3 Å². The standard InChI is InChI=1S/C17H16N4O3/c1-11(16-4-3-9-24-16)18-21-17(22)15-10-14(19-20-15)12-5-7-13(23-2)8-6-12/h3-10,18H,1H2,2H3,(H,19,20)(H,21,22). The smallest absolute Gasteiger partial charge is 0.287 e. The van der Waals surface area contributed by atoms with E-state index < -0.39 is 0 Å². The summed E-state index contributed by atoms with van der Waals surface area (Å²) in [5, 5.41) is 6.85. The number of ether oxygens (including phenoxy) is 1. The summed E-state index contributed by atoms with van der Waals surface area (Å²) in [7, 11) is 1.61. The number of H-pyrrole nitrogens is 1. The van der Waals surface area contributed by atoms with E-state index in [2.05, 4.69) is 27.6 Å². The minimum Gasteiger partial charge on any atom is -0.497 e. The summed E-state index contributed by atoms with van der Waals surface area (Å²) >= 11 is 0. The summed E-state index contributed by atoms with van der Waals surface area (Å²) < 4.78 is 10.3. The Balaban J connectivity index is 1.64. The van der Waals surface area contributed by atoms with Gasteiger partial charge in [-0.2, -0.15) is 5.10 Å². The highest BCUT2D eigenvalue weighted by Crippen LogP contribution is 2.21. The number of carbonyl (C=O) groups is 1. The van der Waals surface area contributed by atoms with Gasteiger partial charge in [0.05, 0.1) is 24.8 Å². The van der Waals surface area contributed by atoms with Crippen LogP contribution >= 0.6 is 0 Å². The van der Waals surface area contributed by atoms with Crippen molar-refractivity contribution in [2.75, 3.05) is 7.11 Å².